The first-order valence-corrected chi connectivity index (χ1v) is 18.2. The van der Waals surface area contributed by atoms with E-state index < -0.39 is 40.5 Å². The highest BCUT2D eigenvalue weighted by Gasteiger charge is 2.48. The van der Waals surface area contributed by atoms with Gasteiger partial charge < -0.3 is 15.4 Å². The molecular weight excluding hydrogens is 641 g/mol. The van der Waals surface area contributed by atoms with E-state index in [1.54, 1.807) is 24.3 Å². The van der Waals surface area contributed by atoms with Crippen LogP contribution in [0.4, 0.5) is 13.2 Å². The molecule has 3 aromatic carbocycles. The number of carbonyl (C=O) groups excluding carboxylic acids is 1. The van der Waals surface area contributed by atoms with E-state index in [1.165, 1.54) is 43.5 Å². The highest BCUT2D eigenvalue weighted by Crippen LogP contribution is 2.31. The Labute approximate surface area is 280 Å². The summed E-state index contributed by atoms with van der Waals surface area (Å²) in [6.07, 6.45) is 5.83. The van der Waals surface area contributed by atoms with Crippen LogP contribution >= 0.6 is 0 Å². The number of hydrogen-bond acceptors (Lipinski definition) is 6. The number of likely N-dealkylation sites (tertiary alicyclic amines) is 1. The van der Waals surface area contributed by atoms with Crippen molar-refractivity contribution in [3.05, 3.63) is 84.2 Å². The fourth-order valence-electron chi connectivity index (χ4n) is 6.93. The Balaban J connectivity index is 1.18. The zero-order valence-corrected chi connectivity index (χ0v) is 27.8. The average Bonchev–Trinajstić information content (AvgIpc) is 3.09. The molecule has 12 heteroatoms. The highest BCUT2D eigenvalue weighted by atomic mass is 32.2. The lowest BCUT2D eigenvalue weighted by atomic mass is 9.90. The molecule has 3 aliphatic rings. The van der Waals surface area contributed by atoms with Crippen LogP contribution in [0.15, 0.2) is 77.7 Å². The molecule has 0 radical (unpaired) electrons. The molecule has 1 aliphatic carbocycles. The van der Waals surface area contributed by atoms with Gasteiger partial charge in [0.25, 0.3) is 5.92 Å². The predicted octanol–water partition coefficient (Wildman–Crippen LogP) is 5.52. The quantitative estimate of drug-likeness (QED) is 0.319. The first kappa shape index (κ1) is 34.4. The summed E-state index contributed by atoms with van der Waals surface area (Å²) in [5, 5.41) is 0. The third-order valence-electron chi connectivity index (χ3n) is 9.84. The van der Waals surface area contributed by atoms with Crippen molar-refractivity contribution in [2.24, 2.45) is 11.7 Å². The molecule has 48 heavy (non-hydrogen) atoms. The molecule has 0 unspecified atom stereocenters. The lowest BCUT2D eigenvalue weighted by Gasteiger charge is -2.43. The molecule has 0 spiro atoms. The number of piperidine rings is 1. The lowest BCUT2D eigenvalue weighted by molar-refractivity contribution is -0.149. The van der Waals surface area contributed by atoms with E-state index in [0.717, 1.165) is 38.7 Å². The minimum atomic E-state index is -4.16. The Hall–Kier alpha value is -3.45. The monoisotopic (exact) mass is 684 g/mol. The Morgan fingerprint density at radius 1 is 0.854 bits per heavy atom. The van der Waals surface area contributed by atoms with Gasteiger partial charge in [0.1, 0.15) is 17.6 Å². The van der Waals surface area contributed by atoms with Gasteiger partial charge in [0.2, 0.25) is 15.9 Å². The minimum Gasteiger partial charge on any atom is -0.493 e. The van der Waals surface area contributed by atoms with Crippen molar-refractivity contribution in [3.63, 3.8) is 0 Å². The summed E-state index contributed by atoms with van der Waals surface area (Å²) in [6.45, 7) is 0.573. The van der Waals surface area contributed by atoms with Crippen LogP contribution in [0, 0.1) is 11.7 Å². The fraction of sp³-hybridized carbons (Fsp3) is 0.472. The maximum atomic E-state index is 14.6. The van der Waals surface area contributed by atoms with Gasteiger partial charge in [-0.15, -0.1) is 0 Å². The van der Waals surface area contributed by atoms with Crippen molar-refractivity contribution in [1.29, 1.82) is 0 Å². The molecule has 6 rings (SSSR count). The molecule has 2 aliphatic heterocycles. The Kier molecular flexibility index (Phi) is 10.5. The molecule has 1 amide bonds. The standard InChI is InChI=1S/C36H43F3N4O4S/c37-30-12-10-29(11-13-30)28-8-6-26(7-9-28)22-41-20-21-43(33(23-41)35(44)42-19-18-34(40)36(38,39)25-42)48(45,46)32-16-14-31(15-17-32)47-24-27-4-2-1-3-5-27/h6-17,27,33-34H,1-5,18-25,40H2/t33-,34+/m0/s1. The van der Waals surface area contributed by atoms with E-state index in [4.69, 9.17) is 10.5 Å². The smallest absolute Gasteiger partial charge is 0.280 e. The largest absolute Gasteiger partial charge is 0.493 e. The van der Waals surface area contributed by atoms with Gasteiger partial charge in [0.05, 0.1) is 24.1 Å². The summed E-state index contributed by atoms with van der Waals surface area (Å²) in [5.41, 5.74) is 8.35. The first-order valence-electron chi connectivity index (χ1n) is 16.7. The summed E-state index contributed by atoms with van der Waals surface area (Å²) < 4.78 is 77.9. The normalized spacial score (nSPS) is 22.8. The van der Waals surface area contributed by atoms with Crippen LogP contribution in [0.3, 0.4) is 0 Å². The molecule has 3 fully saturated rings. The summed E-state index contributed by atoms with van der Waals surface area (Å²) >= 11 is 0. The average molecular weight is 685 g/mol. The van der Waals surface area contributed by atoms with E-state index in [2.05, 4.69) is 0 Å². The second-order valence-electron chi connectivity index (χ2n) is 13.3. The van der Waals surface area contributed by atoms with E-state index in [-0.39, 0.29) is 36.8 Å². The number of halogens is 3. The van der Waals surface area contributed by atoms with Crippen LogP contribution in [-0.4, -0.2) is 85.8 Å². The maximum Gasteiger partial charge on any atom is 0.280 e. The number of alkyl halides is 2. The van der Waals surface area contributed by atoms with E-state index in [1.807, 2.05) is 29.2 Å². The van der Waals surface area contributed by atoms with Crippen molar-refractivity contribution in [2.75, 3.05) is 39.3 Å². The number of amides is 1. The van der Waals surface area contributed by atoms with Gasteiger partial charge in [-0.1, -0.05) is 55.7 Å². The van der Waals surface area contributed by atoms with Gasteiger partial charge in [-0.05, 0) is 78.3 Å². The molecule has 1 saturated carbocycles. The molecule has 258 valence electrons. The Morgan fingerprint density at radius 2 is 1.50 bits per heavy atom. The Bertz CT molecular complexity index is 1650. The van der Waals surface area contributed by atoms with Crippen molar-refractivity contribution in [1.82, 2.24) is 14.1 Å². The van der Waals surface area contributed by atoms with Crippen molar-refractivity contribution >= 4 is 15.9 Å². The van der Waals surface area contributed by atoms with Gasteiger partial charge in [0, 0.05) is 32.7 Å². The SMILES string of the molecule is N[C@@H]1CCN(C(=O)[C@@H]2CN(Cc3ccc(-c4ccc(F)cc4)cc3)CCN2S(=O)(=O)c2ccc(OCC3CCCCC3)cc2)CC1(F)F. The molecule has 2 heterocycles. The van der Waals surface area contributed by atoms with Crippen LogP contribution in [0.25, 0.3) is 11.1 Å². The Morgan fingerprint density at radius 3 is 2.15 bits per heavy atom. The molecule has 0 aromatic heterocycles. The van der Waals surface area contributed by atoms with Crippen molar-refractivity contribution in [2.45, 2.75) is 68.0 Å². The van der Waals surface area contributed by atoms with Crippen LogP contribution < -0.4 is 10.5 Å². The molecule has 2 N–H and O–H groups in total. The van der Waals surface area contributed by atoms with Crippen molar-refractivity contribution in [3.8, 4) is 16.9 Å². The number of hydrogen-bond donors (Lipinski definition) is 1. The van der Waals surface area contributed by atoms with Crippen LogP contribution in [0.1, 0.15) is 44.1 Å². The van der Waals surface area contributed by atoms with E-state index in [9.17, 15) is 26.4 Å². The fourth-order valence-corrected chi connectivity index (χ4v) is 8.49. The van der Waals surface area contributed by atoms with Gasteiger partial charge >= 0.3 is 0 Å². The van der Waals surface area contributed by atoms with Crippen molar-refractivity contribution < 1.29 is 31.1 Å². The van der Waals surface area contributed by atoms with Gasteiger partial charge in [-0.25, -0.2) is 21.6 Å². The van der Waals surface area contributed by atoms with Crippen LogP contribution in [-0.2, 0) is 21.4 Å². The summed E-state index contributed by atoms with van der Waals surface area (Å²) in [7, 11) is -4.16. The van der Waals surface area contributed by atoms with Gasteiger partial charge in [0.15, 0.2) is 0 Å². The number of rotatable bonds is 9. The van der Waals surface area contributed by atoms with Crippen LogP contribution in [0.5, 0.6) is 5.75 Å². The number of benzene rings is 3. The van der Waals surface area contributed by atoms with Gasteiger partial charge in [-0.3, -0.25) is 9.69 Å². The maximum absolute atomic E-state index is 14.6. The second kappa shape index (κ2) is 14.6. The number of piperazine rings is 1. The third kappa shape index (κ3) is 7.88. The molecule has 3 aromatic rings. The summed E-state index contributed by atoms with van der Waals surface area (Å²) in [4.78, 5) is 17.0. The second-order valence-corrected chi connectivity index (χ2v) is 15.2. The zero-order valence-electron chi connectivity index (χ0n) is 26.9. The number of ether oxygens (including phenoxy) is 1. The number of nitrogens with zero attached hydrogens (tertiary/aromatic N) is 3. The number of nitrogens with two attached hydrogens (primary N) is 1. The summed E-state index contributed by atoms with van der Waals surface area (Å²) in [5.74, 6) is -3.17. The van der Waals surface area contributed by atoms with Crippen LogP contribution in [0.2, 0.25) is 0 Å². The number of carbonyl (C=O) groups is 1. The minimum absolute atomic E-state index is 0.0100. The number of sulfonamides is 1. The summed E-state index contributed by atoms with van der Waals surface area (Å²) in [6, 6.07) is 17.6. The van der Waals surface area contributed by atoms with E-state index in [0.29, 0.717) is 31.4 Å². The predicted molar refractivity (Wildman–Crippen MR) is 177 cm³/mol. The highest BCUT2D eigenvalue weighted by molar-refractivity contribution is 7.89. The first-order chi connectivity index (χ1) is 23.0. The molecule has 2 atom stereocenters. The molecular formula is C36H43F3N4O4S. The molecule has 0 bridgehead atoms. The molecule has 2 saturated heterocycles. The molecule has 8 nitrogen and oxygen atoms in total. The zero-order chi connectivity index (χ0) is 33.9. The lowest BCUT2D eigenvalue weighted by Crippen LogP contribution is -2.64. The third-order valence-corrected chi connectivity index (χ3v) is 11.8. The van der Waals surface area contributed by atoms with E-state index >= 15 is 0 Å². The van der Waals surface area contributed by atoms with Gasteiger partial charge in [-0.2, -0.15) is 4.31 Å². The topological polar surface area (TPSA) is 96.2 Å².